The molecular weight excluding hydrogens is 500 g/mol. The average molecular weight is 545 g/mol. The third-order valence-electron chi connectivity index (χ3n) is 7.98. The molecule has 6 nitrogen and oxygen atoms in total. The molecule has 0 N–H and O–H groups in total. The number of likely N-dealkylation sites (tertiary alicyclic amines) is 2. The van der Waals surface area contributed by atoms with E-state index in [-0.39, 0.29) is 5.78 Å². The van der Waals surface area contributed by atoms with E-state index in [4.69, 9.17) is 14.2 Å². The van der Waals surface area contributed by atoms with Crippen LogP contribution in [0.15, 0.2) is 48.6 Å². The second-order valence-electron chi connectivity index (χ2n) is 11.7. The summed E-state index contributed by atoms with van der Waals surface area (Å²) in [7, 11) is 0. The molecule has 2 aromatic rings. The van der Waals surface area contributed by atoms with Crippen molar-refractivity contribution < 1.29 is 19.0 Å². The van der Waals surface area contributed by atoms with Gasteiger partial charge in [0.05, 0.1) is 11.1 Å². The van der Waals surface area contributed by atoms with Crippen molar-refractivity contribution in [2.75, 3.05) is 52.5 Å². The van der Waals surface area contributed by atoms with Gasteiger partial charge >= 0.3 is 0 Å². The maximum absolute atomic E-state index is 13.4. The van der Waals surface area contributed by atoms with Crippen LogP contribution < -0.4 is 14.2 Å². The first kappa shape index (κ1) is 28.4. The molecule has 2 fully saturated rings. The molecule has 2 aromatic carbocycles. The van der Waals surface area contributed by atoms with Crippen molar-refractivity contribution in [2.45, 2.75) is 58.0 Å². The Morgan fingerprint density at radius 1 is 0.850 bits per heavy atom. The van der Waals surface area contributed by atoms with Gasteiger partial charge in [-0.2, -0.15) is 0 Å². The number of fused-ring (bicyclic) bond motifs is 1. The molecule has 0 spiro atoms. The van der Waals surface area contributed by atoms with Crippen LogP contribution in [-0.4, -0.2) is 73.7 Å². The van der Waals surface area contributed by atoms with Crippen LogP contribution in [0.5, 0.6) is 17.2 Å². The summed E-state index contributed by atoms with van der Waals surface area (Å²) >= 11 is 0. The van der Waals surface area contributed by atoms with E-state index in [2.05, 4.69) is 9.80 Å². The number of ether oxygens (including phenoxy) is 3. The quantitative estimate of drug-likeness (QED) is 0.238. The first-order valence-corrected chi connectivity index (χ1v) is 15.0. The zero-order valence-electron chi connectivity index (χ0n) is 24.2. The Bertz CT molecular complexity index is 1190. The van der Waals surface area contributed by atoms with E-state index < -0.39 is 5.60 Å². The summed E-state index contributed by atoms with van der Waals surface area (Å²) in [6.07, 6.45) is 15.3. The molecule has 0 atom stereocenters. The predicted molar refractivity (Wildman–Crippen MR) is 162 cm³/mol. The van der Waals surface area contributed by atoms with Crippen molar-refractivity contribution in [3.63, 3.8) is 0 Å². The van der Waals surface area contributed by atoms with Crippen molar-refractivity contribution >= 4 is 17.9 Å². The highest BCUT2D eigenvalue weighted by molar-refractivity contribution is 6.09. The number of piperidine rings is 2. The van der Waals surface area contributed by atoms with Gasteiger partial charge in [0, 0.05) is 13.1 Å². The summed E-state index contributed by atoms with van der Waals surface area (Å²) in [5.41, 5.74) is 1.95. The molecule has 0 radical (unpaired) electrons. The number of carbonyl (C=O) groups excluding carboxylic acids is 1. The lowest BCUT2D eigenvalue weighted by molar-refractivity contribution is 0.104. The molecule has 5 rings (SSSR count). The summed E-state index contributed by atoms with van der Waals surface area (Å²) in [6.45, 7) is 11.7. The van der Waals surface area contributed by atoms with E-state index in [0.29, 0.717) is 24.5 Å². The summed E-state index contributed by atoms with van der Waals surface area (Å²) in [6, 6.07) is 11.6. The van der Waals surface area contributed by atoms with Crippen molar-refractivity contribution in [3.8, 4) is 17.2 Å². The van der Waals surface area contributed by atoms with Gasteiger partial charge in [0.1, 0.15) is 36.1 Å². The van der Waals surface area contributed by atoms with Gasteiger partial charge in [-0.15, -0.1) is 0 Å². The molecule has 6 heteroatoms. The molecule has 214 valence electrons. The molecule has 3 aliphatic heterocycles. The average Bonchev–Trinajstić information content (AvgIpc) is 2.97. The Hall–Kier alpha value is -3.09. The van der Waals surface area contributed by atoms with Crippen LogP contribution >= 0.6 is 0 Å². The topological polar surface area (TPSA) is 51.2 Å². The van der Waals surface area contributed by atoms with Crippen LogP contribution in [0.25, 0.3) is 12.2 Å². The van der Waals surface area contributed by atoms with E-state index in [1.807, 2.05) is 68.5 Å². The largest absolute Gasteiger partial charge is 0.492 e. The third kappa shape index (κ3) is 7.76. The summed E-state index contributed by atoms with van der Waals surface area (Å²) in [4.78, 5) is 18.3. The summed E-state index contributed by atoms with van der Waals surface area (Å²) in [5, 5.41) is 0. The second kappa shape index (κ2) is 13.5. The Morgan fingerprint density at radius 2 is 1.48 bits per heavy atom. The van der Waals surface area contributed by atoms with Crippen LogP contribution in [0.3, 0.4) is 0 Å². The van der Waals surface area contributed by atoms with E-state index in [0.717, 1.165) is 48.8 Å². The van der Waals surface area contributed by atoms with Crippen molar-refractivity contribution in [1.29, 1.82) is 0 Å². The van der Waals surface area contributed by atoms with Gasteiger partial charge in [0.25, 0.3) is 0 Å². The molecule has 0 unspecified atom stereocenters. The van der Waals surface area contributed by atoms with E-state index in [9.17, 15) is 4.79 Å². The highest BCUT2D eigenvalue weighted by atomic mass is 16.5. The van der Waals surface area contributed by atoms with Crippen LogP contribution in [0.1, 0.15) is 73.9 Å². The minimum Gasteiger partial charge on any atom is -0.492 e. The number of hydrogen-bond acceptors (Lipinski definition) is 6. The van der Waals surface area contributed by atoms with Gasteiger partial charge in [-0.1, -0.05) is 31.1 Å². The standard InChI is InChI=1S/C34H44N2O4/c1-34(2)18-17-30-32(40-34)16-14-29(33(30)39-26-24-36-21-7-4-8-22-36)31(37)15-11-27-9-12-28(13-10-27)38-25-23-35-19-5-3-6-20-35/h9-18H,3-8,19-26H2,1-2H3/b15-11+. The molecule has 0 amide bonds. The van der Waals surface area contributed by atoms with Crippen molar-refractivity contribution in [3.05, 3.63) is 65.2 Å². The lowest BCUT2D eigenvalue weighted by Crippen LogP contribution is -2.33. The number of hydrogen-bond donors (Lipinski definition) is 0. The Morgan fingerprint density at radius 3 is 2.12 bits per heavy atom. The number of ketones is 1. The fourth-order valence-corrected chi connectivity index (χ4v) is 5.65. The first-order chi connectivity index (χ1) is 19.5. The van der Waals surface area contributed by atoms with Crippen LogP contribution in [0, 0.1) is 0 Å². The Balaban J connectivity index is 1.23. The second-order valence-corrected chi connectivity index (χ2v) is 11.7. The fourth-order valence-electron chi connectivity index (χ4n) is 5.65. The zero-order chi connectivity index (χ0) is 27.8. The number of rotatable bonds is 11. The summed E-state index contributed by atoms with van der Waals surface area (Å²) in [5.74, 6) is 2.12. The van der Waals surface area contributed by atoms with E-state index in [1.54, 1.807) is 6.08 Å². The molecule has 40 heavy (non-hydrogen) atoms. The maximum atomic E-state index is 13.4. The minimum absolute atomic E-state index is 0.0872. The van der Waals surface area contributed by atoms with E-state index >= 15 is 0 Å². The van der Waals surface area contributed by atoms with Crippen molar-refractivity contribution in [1.82, 2.24) is 9.80 Å². The molecule has 0 bridgehead atoms. The molecule has 0 aromatic heterocycles. The van der Waals surface area contributed by atoms with Gasteiger partial charge in [-0.3, -0.25) is 14.6 Å². The molecule has 0 aliphatic carbocycles. The fraction of sp³-hybridized carbons (Fsp3) is 0.500. The van der Waals surface area contributed by atoms with Gasteiger partial charge < -0.3 is 14.2 Å². The molecule has 2 saturated heterocycles. The highest BCUT2D eigenvalue weighted by Crippen LogP contribution is 2.39. The van der Waals surface area contributed by atoms with Crippen LogP contribution in [-0.2, 0) is 0 Å². The SMILES string of the molecule is CC1(C)C=Cc2c(ccc(C(=O)/C=C/c3ccc(OCCN4CCCCC4)cc3)c2OCCN2CCCCC2)O1. The molecule has 3 aliphatic rings. The normalized spacial score (nSPS) is 19.2. The lowest BCUT2D eigenvalue weighted by atomic mass is 9.97. The highest BCUT2D eigenvalue weighted by Gasteiger charge is 2.26. The van der Waals surface area contributed by atoms with Crippen LogP contribution in [0.2, 0.25) is 0 Å². The Kier molecular flexibility index (Phi) is 9.61. The number of nitrogens with zero attached hydrogens (tertiary/aromatic N) is 2. The Labute approximate surface area is 239 Å². The number of allylic oxidation sites excluding steroid dienone is 1. The monoisotopic (exact) mass is 544 g/mol. The van der Waals surface area contributed by atoms with Gasteiger partial charge in [0.2, 0.25) is 0 Å². The molecular formula is C34H44N2O4. The smallest absolute Gasteiger partial charge is 0.189 e. The maximum Gasteiger partial charge on any atom is 0.189 e. The molecule has 0 saturated carbocycles. The number of carbonyl (C=O) groups is 1. The minimum atomic E-state index is -0.396. The lowest BCUT2D eigenvalue weighted by Gasteiger charge is -2.30. The summed E-state index contributed by atoms with van der Waals surface area (Å²) < 4.78 is 18.5. The van der Waals surface area contributed by atoms with Gasteiger partial charge in [-0.25, -0.2) is 0 Å². The van der Waals surface area contributed by atoms with E-state index in [1.165, 1.54) is 51.6 Å². The first-order valence-electron chi connectivity index (χ1n) is 15.0. The number of benzene rings is 2. The van der Waals surface area contributed by atoms with Gasteiger partial charge in [-0.05, 0) is 114 Å². The predicted octanol–water partition coefficient (Wildman–Crippen LogP) is 6.50. The van der Waals surface area contributed by atoms with Crippen molar-refractivity contribution in [2.24, 2.45) is 0 Å². The van der Waals surface area contributed by atoms with Gasteiger partial charge in [0.15, 0.2) is 5.78 Å². The third-order valence-corrected chi connectivity index (χ3v) is 7.98. The zero-order valence-corrected chi connectivity index (χ0v) is 24.2. The van der Waals surface area contributed by atoms with Crippen LogP contribution in [0.4, 0.5) is 0 Å². The molecule has 3 heterocycles.